The van der Waals surface area contributed by atoms with Crippen LogP contribution in [-0.4, -0.2) is 25.2 Å². The molecule has 1 unspecified atom stereocenters. The number of aryl methyl sites for hydroxylation is 1. The van der Waals surface area contributed by atoms with Crippen LogP contribution in [0.1, 0.15) is 27.7 Å². The van der Waals surface area contributed by atoms with Gasteiger partial charge in [0, 0.05) is 10.1 Å². The molecule has 1 aliphatic rings. The molecule has 2 aromatic heterocycles. The molecule has 0 radical (unpaired) electrons. The molecule has 0 aliphatic carbocycles. The van der Waals surface area contributed by atoms with Gasteiger partial charge in [-0.3, -0.25) is 14.5 Å². The maximum atomic E-state index is 13.6. The first kappa shape index (κ1) is 20.5. The third kappa shape index (κ3) is 3.04. The topological polar surface area (TPSA) is 85.8 Å². The number of benzene rings is 2. The number of carbonyl (C=O) groups excluding carboxylic acids is 1. The Hall–Kier alpha value is -3.43. The van der Waals surface area contributed by atoms with Crippen LogP contribution in [-0.2, 0) is 7.05 Å². The number of ether oxygens (including phenoxy) is 2. The number of fused-ring (bicyclic) bond motifs is 2. The predicted octanol–water partition coefficient (Wildman–Crippen LogP) is 3.49. The largest absolute Gasteiger partial charge is 0.493 e. The number of rotatable bonds is 4. The standard InChI is InChI=1S/C22H17ClN3O5S/c1-25-10-32-22(24-25)26-18(11-4-6-15(29-2)16(8-11)30-3)17-19(27)13-9-12(23)5-7-14(13)31-20(17)21(26)28/h4-10,18H,1-3H3/q+1. The van der Waals surface area contributed by atoms with E-state index in [0.29, 0.717) is 38.2 Å². The molecular formula is C22H17ClN3O5S+. The summed E-state index contributed by atoms with van der Waals surface area (Å²) in [4.78, 5) is 28.6. The van der Waals surface area contributed by atoms with Crippen LogP contribution in [0.15, 0.2) is 51.1 Å². The van der Waals surface area contributed by atoms with Gasteiger partial charge in [0.2, 0.25) is 5.76 Å². The number of methoxy groups -OCH3 is 2. The first-order valence-corrected chi connectivity index (χ1v) is 10.8. The summed E-state index contributed by atoms with van der Waals surface area (Å²) in [6.07, 6.45) is 0. The van der Waals surface area contributed by atoms with Crippen molar-refractivity contribution in [1.29, 1.82) is 0 Å². The molecule has 0 fully saturated rings. The van der Waals surface area contributed by atoms with Crippen molar-refractivity contribution in [2.45, 2.75) is 6.04 Å². The highest BCUT2D eigenvalue weighted by Gasteiger charge is 2.46. The summed E-state index contributed by atoms with van der Waals surface area (Å²) in [5.41, 5.74) is 2.63. The molecule has 1 amide bonds. The number of hydrogen-bond acceptors (Lipinski definition) is 7. The lowest BCUT2D eigenvalue weighted by Crippen LogP contribution is -2.33. The van der Waals surface area contributed by atoms with E-state index in [-0.39, 0.29) is 16.8 Å². The number of hydrogen-bond donors (Lipinski definition) is 0. The van der Waals surface area contributed by atoms with Gasteiger partial charge in [0.1, 0.15) is 5.58 Å². The van der Waals surface area contributed by atoms with Crippen molar-refractivity contribution < 1.29 is 23.4 Å². The smallest absolute Gasteiger partial charge is 0.297 e. The minimum absolute atomic E-state index is 0.0116. The Morgan fingerprint density at radius 2 is 1.91 bits per heavy atom. The van der Waals surface area contributed by atoms with Crippen LogP contribution in [0.5, 0.6) is 11.5 Å². The average Bonchev–Trinajstić information content (AvgIpc) is 3.34. The van der Waals surface area contributed by atoms with Gasteiger partial charge < -0.3 is 13.9 Å². The van der Waals surface area contributed by atoms with Gasteiger partial charge in [0.25, 0.3) is 16.5 Å². The highest BCUT2D eigenvalue weighted by molar-refractivity contribution is 7.13. The minimum Gasteiger partial charge on any atom is -0.493 e. The van der Waals surface area contributed by atoms with Crippen molar-refractivity contribution in [3.8, 4) is 11.5 Å². The second-order valence-electron chi connectivity index (χ2n) is 7.19. The van der Waals surface area contributed by atoms with E-state index in [1.165, 1.54) is 30.5 Å². The molecule has 0 saturated carbocycles. The Balaban J connectivity index is 1.81. The monoisotopic (exact) mass is 470 g/mol. The van der Waals surface area contributed by atoms with Crippen LogP contribution in [0.4, 0.5) is 5.13 Å². The molecule has 0 saturated heterocycles. The van der Waals surface area contributed by atoms with Gasteiger partial charge in [-0.15, -0.1) is 0 Å². The van der Waals surface area contributed by atoms with E-state index in [1.807, 2.05) is 0 Å². The number of nitrogens with zero attached hydrogens (tertiary/aromatic N) is 3. The summed E-state index contributed by atoms with van der Waals surface area (Å²) in [7, 11) is 4.83. The molecule has 3 heterocycles. The van der Waals surface area contributed by atoms with Crippen LogP contribution in [0.3, 0.4) is 0 Å². The number of anilines is 1. The lowest BCUT2D eigenvalue weighted by atomic mass is 9.98. The lowest BCUT2D eigenvalue weighted by molar-refractivity contribution is -0.724. The summed E-state index contributed by atoms with van der Waals surface area (Å²) >= 11 is 7.41. The molecule has 0 bridgehead atoms. The first-order chi connectivity index (χ1) is 15.4. The van der Waals surface area contributed by atoms with Gasteiger partial charge >= 0.3 is 0 Å². The van der Waals surface area contributed by atoms with Gasteiger partial charge in [-0.1, -0.05) is 22.3 Å². The number of aromatic nitrogens is 2. The molecule has 32 heavy (non-hydrogen) atoms. The van der Waals surface area contributed by atoms with E-state index >= 15 is 0 Å². The summed E-state index contributed by atoms with van der Waals surface area (Å²) in [6.45, 7) is 0. The maximum Gasteiger partial charge on any atom is 0.297 e. The van der Waals surface area contributed by atoms with Gasteiger partial charge in [-0.05, 0) is 47.2 Å². The third-order valence-corrected chi connectivity index (χ3v) is 6.45. The molecule has 5 rings (SSSR count). The fourth-order valence-electron chi connectivity index (χ4n) is 3.89. The fourth-order valence-corrected chi connectivity index (χ4v) is 4.84. The molecule has 10 heteroatoms. The molecular weight excluding hydrogens is 454 g/mol. The summed E-state index contributed by atoms with van der Waals surface area (Å²) < 4.78 is 18.3. The van der Waals surface area contributed by atoms with Crippen molar-refractivity contribution in [3.63, 3.8) is 0 Å². The van der Waals surface area contributed by atoms with Crippen LogP contribution in [0.2, 0.25) is 5.02 Å². The molecule has 2 aromatic carbocycles. The minimum atomic E-state index is -0.761. The molecule has 4 aromatic rings. The average molecular weight is 471 g/mol. The highest BCUT2D eigenvalue weighted by atomic mass is 35.5. The van der Waals surface area contributed by atoms with Crippen LogP contribution >= 0.6 is 22.9 Å². The Morgan fingerprint density at radius 3 is 2.59 bits per heavy atom. The quantitative estimate of drug-likeness (QED) is 0.424. The van der Waals surface area contributed by atoms with Gasteiger partial charge in [-0.2, -0.15) is 0 Å². The van der Waals surface area contributed by atoms with Gasteiger partial charge in [0.05, 0.1) is 31.2 Å². The van der Waals surface area contributed by atoms with E-state index in [1.54, 1.807) is 53.6 Å². The second-order valence-corrected chi connectivity index (χ2v) is 8.43. The zero-order chi connectivity index (χ0) is 22.6. The SMILES string of the molecule is COc1ccc(C2c3c(oc4ccc(Cl)cc4c3=O)C(=O)N2c2n[n+](C)cs2)cc1OC. The van der Waals surface area contributed by atoms with Crippen LogP contribution in [0, 0.1) is 0 Å². The zero-order valence-electron chi connectivity index (χ0n) is 17.3. The van der Waals surface area contributed by atoms with E-state index in [2.05, 4.69) is 5.10 Å². The Bertz CT molecular complexity index is 1450. The molecule has 8 nitrogen and oxygen atoms in total. The summed E-state index contributed by atoms with van der Waals surface area (Å²) in [5.74, 6) is 0.556. The number of amides is 1. The first-order valence-electron chi connectivity index (χ1n) is 9.56. The van der Waals surface area contributed by atoms with Crippen molar-refractivity contribution >= 4 is 44.9 Å². The number of carbonyl (C=O) groups is 1. The molecule has 0 spiro atoms. The van der Waals surface area contributed by atoms with Gasteiger partial charge in [-0.25, -0.2) is 0 Å². The van der Waals surface area contributed by atoms with Crippen molar-refractivity contribution in [1.82, 2.24) is 5.10 Å². The molecule has 162 valence electrons. The molecule has 1 atom stereocenters. The van der Waals surface area contributed by atoms with Crippen LogP contribution < -0.4 is 24.5 Å². The van der Waals surface area contributed by atoms with E-state index in [0.717, 1.165) is 0 Å². The second kappa shape index (κ2) is 7.61. The molecule has 1 aliphatic heterocycles. The summed E-state index contributed by atoms with van der Waals surface area (Å²) in [6, 6.07) is 9.25. The van der Waals surface area contributed by atoms with Crippen LogP contribution in [0.25, 0.3) is 11.0 Å². The zero-order valence-corrected chi connectivity index (χ0v) is 18.9. The van der Waals surface area contributed by atoms with Crippen molar-refractivity contribution in [3.05, 3.63) is 74.0 Å². The highest BCUT2D eigenvalue weighted by Crippen LogP contribution is 2.43. The van der Waals surface area contributed by atoms with E-state index in [4.69, 9.17) is 25.5 Å². The lowest BCUT2D eigenvalue weighted by Gasteiger charge is -2.22. The third-order valence-electron chi connectivity index (χ3n) is 5.32. The predicted molar refractivity (Wildman–Crippen MR) is 119 cm³/mol. The Labute approximate surface area is 191 Å². The molecule has 0 N–H and O–H groups in total. The fraction of sp³-hybridized carbons (Fsp3) is 0.182. The maximum absolute atomic E-state index is 13.6. The van der Waals surface area contributed by atoms with E-state index in [9.17, 15) is 9.59 Å². The van der Waals surface area contributed by atoms with Crippen molar-refractivity contribution in [2.24, 2.45) is 7.05 Å². The van der Waals surface area contributed by atoms with Gasteiger partial charge in [0.15, 0.2) is 24.0 Å². The Morgan fingerprint density at radius 1 is 1.12 bits per heavy atom. The summed E-state index contributed by atoms with van der Waals surface area (Å²) in [5, 5.41) is 5.56. The van der Waals surface area contributed by atoms with Crippen molar-refractivity contribution in [2.75, 3.05) is 19.1 Å². The normalized spacial score (nSPS) is 15.3. The number of halogens is 1. The Kier molecular flexibility index (Phi) is 4.87. The van der Waals surface area contributed by atoms with E-state index < -0.39 is 11.9 Å².